The molecule has 0 amide bonds. The number of hydrogen-bond donors (Lipinski definition) is 3. The van der Waals surface area contributed by atoms with Gasteiger partial charge in [-0.05, 0) is 30.4 Å². The molecule has 0 fully saturated rings. The van der Waals surface area contributed by atoms with E-state index in [1.807, 2.05) is 0 Å². The molecule has 2 aromatic carbocycles. The minimum Gasteiger partial charge on any atom is -0.507 e. The molecule has 0 aromatic heterocycles. The van der Waals surface area contributed by atoms with E-state index in [1.54, 1.807) is 24.3 Å². The van der Waals surface area contributed by atoms with E-state index in [1.165, 1.54) is 30.4 Å². The van der Waals surface area contributed by atoms with E-state index in [9.17, 15) is 20.1 Å². The van der Waals surface area contributed by atoms with Crippen LogP contribution >= 0.6 is 0 Å². The molecule has 0 saturated heterocycles. The van der Waals surface area contributed by atoms with Crippen molar-refractivity contribution in [2.24, 2.45) is 0 Å². The van der Waals surface area contributed by atoms with Crippen LogP contribution < -0.4 is 0 Å². The number of para-hydroxylation sites is 2. The van der Waals surface area contributed by atoms with Gasteiger partial charge in [0.15, 0.2) is 17.3 Å². The molecule has 0 radical (unpaired) electrons. The number of allylic oxidation sites excluding steroid dienone is 1. The molecule has 0 aliphatic carbocycles. The third-order valence-electron chi connectivity index (χ3n) is 2.63. The smallest absolute Gasteiger partial charge is 0.189 e. The van der Waals surface area contributed by atoms with Crippen LogP contribution in [0.2, 0.25) is 0 Å². The highest BCUT2D eigenvalue weighted by atomic mass is 16.3. The molecular formula is C15H12O4. The Labute approximate surface area is 109 Å². The number of benzene rings is 2. The molecule has 0 saturated carbocycles. The molecule has 0 bridgehead atoms. The molecule has 2 rings (SSSR count). The lowest BCUT2D eigenvalue weighted by Gasteiger charge is -2.01. The summed E-state index contributed by atoms with van der Waals surface area (Å²) in [5.41, 5.74) is 0.502. The van der Waals surface area contributed by atoms with Crippen molar-refractivity contribution in [2.45, 2.75) is 0 Å². The number of carbonyl (C=O) groups excluding carboxylic acids is 1. The number of hydrogen-bond acceptors (Lipinski definition) is 4. The first-order valence-electron chi connectivity index (χ1n) is 5.61. The minimum atomic E-state index is -0.388. The Kier molecular flexibility index (Phi) is 3.52. The van der Waals surface area contributed by atoms with E-state index in [-0.39, 0.29) is 28.6 Å². The second-order valence-electron chi connectivity index (χ2n) is 3.93. The number of phenols is 3. The Bertz CT molecular complexity index is 644. The van der Waals surface area contributed by atoms with E-state index in [0.29, 0.717) is 5.56 Å². The van der Waals surface area contributed by atoms with Crippen LogP contribution in [0.15, 0.2) is 48.5 Å². The van der Waals surface area contributed by atoms with Crippen molar-refractivity contribution in [1.82, 2.24) is 0 Å². The van der Waals surface area contributed by atoms with Crippen molar-refractivity contribution >= 4 is 11.9 Å². The first-order valence-corrected chi connectivity index (χ1v) is 5.61. The van der Waals surface area contributed by atoms with Crippen molar-refractivity contribution in [3.05, 3.63) is 59.7 Å². The molecule has 0 aliphatic rings. The highest BCUT2D eigenvalue weighted by Crippen LogP contribution is 2.29. The van der Waals surface area contributed by atoms with Crippen LogP contribution in [0.3, 0.4) is 0 Å². The Morgan fingerprint density at radius 2 is 1.58 bits per heavy atom. The highest BCUT2D eigenvalue weighted by molar-refractivity contribution is 6.08. The van der Waals surface area contributed by atoms with Crippen LogP contribution in [0.4, 0.5) is 0 Å². The number of rotatable bonds is 3. The molecule has 4 nitrogen and oxygen atoms in total. The van der Waals surface area contributed by atoms with Crippen LogP contribution in [0, 0.1) is 0 Å². The summed E-state index contributed by atoms with van der Waals surface area (Å²) >= 11 is 0. The van der Waals surface area contributed by atoms with Gasteiger partial charge in [0, 0.05) is 5.56 Å². The molecule has 0 unspecified atom stereocenters. The van der Waals surface area contributed by atoms with Gasteiger partial charge in [0.1, 0.15) is 5.75 Å². The fourth-order valence-electron chi connectivity index (χ4n) is 1.62. The molecule has 4 heteroatoms. The standard InChI is InChI=1S/C15H12O4/c16-12-6-2-1-5-11(12)13(17)9-8-10-4-3-7-14(18)15(10)19/h1-9,16,18-19H/b9-8+. The Morgan fingerprint density at radius 3 is 2.32 bits per heavy atom. The van der Waals surface area contributed by atoms with Crippen LogP contribution in [0.25, 0.3) is 6.08 Å². The second kappa shape index (κ2) is 5.27. The van der Waals surface area contributed by atoms with E-state index in [0.717, 1.165) is 0 Å². The quantitative estimate of drug-likeness (QED) is 0.448. The largest absolute Gasteiger partial charge is 0.507 e. The van der Waals surface area contributed by atoms with Gasteiger partial charge in [-0.15, -0.1) is 0 Å². The van der Waals surface area contributed by atoms with Gasteiger partial charge in [0.25, 0.3) is 0 Å². The highest BCUT2D eigenvalue weighted by Gasteiger charge is 2.07. The summed E-state index contributed by atoms with van der Waals surface area (Å²) in [4.78, 5) is 11.8. The topological polar surface area (TPSA) is 77.8 Å². The van der Waals surface area contributed by atoms with E-state index >= 15 is 0 Å². The average molecular weight is 256 g/mol. The third kappa shape index (κ3) is 2.74. The summed E-state index contributed by atoms with van der Waals surface area (Å²) in [6.07, 6.45) is 2.60. The molecule has 19 heavy (non-hydrogen) atoms. The van der Waals surface area contributed by atoms with Gasteiger partial charge in [-0.2, -0.15) is 0 Å². The lowest BCUT2D eigenvalue weighted by Crippen LogP contribution is -1.94. The summed E-state index contributed by atoms with van der Waals surface area (Å²) in [7, 11) is 0. The van der Waals surface area contributed by atoms with Crippen molar-refractivity contribution in [3.8, 4) is 17.2 Å². The van der Waals surface area contributed by atoms with Crippen LogP contribution in [0.5, 0.6) is 17.2 Å². The van der Waals surface area contributed by atoms with Crippen LogP contribution in [-0.2, 0) is 0 Å². The predicted octanol–water partition coefficient (Wildman–Crippen LogP) is 2.70. The molecule has 3 N–H and O–H groups in total. The first kappa shape index (κ1) is 12.7. The van der Waals surface area contributed by atoms with Gasteiger partial charge in [-0.3, -0.25) is 4.79 Å². The van der Waals surface area contributed by atoms with Gasteiger partial charge < -0.3 is 15.3 Å². The van der Waals surface area contributed by atoms with E-state index in [2.05, 4.69) is 0 Å². The minimum absolute atomic E-state index is 0.0997. The monoisotopic (exact) mass is 256 g/mol. The lowest BCUT2D eigenvalue weighted by molar-refractivity contribution is 0.104. The Hall–Kier alpha value is -2.75. The predicted molar refractivity (Wildman–Crippen MR) is 71.2 cm³/mol. The zero-order valence-corrected chi connectivity index (χ0v) is 9.95. The molecular weight excluding hydrogens is 244 g/mol. The molecule has 0 atom stereocenters. The van der Waals surface area contributed by atoms with Gasteiger partial charge in [-0.25, -0.2) is 0 Å². The van der Waals surface area contributed by atoms with Gasteiger partial charge in [-0.1, -0.05) is 24.3 Å². The van der Waals surface area contributed by atoms with Gasteiger partial charge >= 0.3 is 0 Å². The Balaban J connectivity index is 2.26. The zero-order chi connectivity index (χ0) is 13.8. The summed E-state index contributed by atoms with van der Waals surface area (Å²) < 4.78 is 0. The first-order chi connectivity index (χ1) is 9.09. The summed E-state index contributed by atoms with van der Waals surface area (Å²) in [5, 5.41) is 28.4. The van der Waals surface area contributed by atoms with Crippen LogP contribution in [-0.4, -0.2) is 21.1 Å². The SMILES string of the molecule is O=C(/C=C/c1cccc(O)c1O)c1ccccc1O. The number of phenolic OH excluding ortho intramolecular Hbond substituents is 3. The molecule has 0 heterocycles. The number of ketones is 1. The zero-order valence-electron chi connectivity index (χ0n) is 9.95. The van der Waals surface area contributed by atoms with E-state index in [4.69, 9.17) is 0 Å². The van der Waals surface area contributed by atoms with Gasteiger partial charge in [0.05, 0.1) is 5.56 Å². The fourth-order valence-corrected chi connectivity index (χ4v) is 1.62. The molecule has 96 valence electrons. The molecule has 0 aliphatic heterocycles. The Morgan fingerprint density at radius 1 is 0.895 bits per heavy atom. The van der Waals surface area contributed by atoms with E-state index < -0.39 is 0 Å². The van der Waals surface area contributed by atoms with Gasteiger partial charge in [0.2, 0.25) is 0 Å². The maximum atomic E-state index is 11.8. The summed E-state index contributed by atoms with van der Waals surface area (Å²) in [6.45, 7) is 0. The number of carbonyl (C=O) groups is 1. The fraction of sp³-hybridized carbons (Fsp3) is 0. The van der Waals surface area contributed by atoms with Crippen molar-refractivity contribution in [3.63, 3.8) is 0 Å². The summed E-state index contributed by atoms with van der Waals surface area (Å²) in [5.74, 6) is -1.03. The van der Waals surface area contributed by atoms with Crippen molar-refractivity contribution in [1.29, 1.82) is 0 Å². The average Bonchev–Trinajstić information content (AvgIpc) is 2.40. The summed E-state index contributed by atoms with van der Waals surface area (Å²) in [6, 6.07) is 10.7. The second-order valence-corrected chi connectivity index (χ2v) is 3.93. The maximum absolute atomic E-state index is 11.8. The normalized spacial score (nSPS) is 10.7. The molecule has 2 aromatic rings. The maximum Gasteiger partial charge on any atom is 0.189 e. The van der Waals surface area contributed by atoms with Crippen molar-refractivity contribution in [2.75, 3.05) is 0 Å². The number of aromatic hydroxyl groups is 3. The third-order valence-corrected chi connectivity index (χ3v) is 2.63. The van der Waals surface area contributed by atoms with Crippen LogP contribution in [0.1, 0.15) is 15.9 Å². The van der Waals surface area contributed by atoms with Crippen molar-refractivity contribution < 1.29 is 20.1 Å². The molecule has 0 spiro atoms. The lowest BCUT2D eigenvalue weighted by atomic mass is 10.1.